The lowest BCUT2D eigenvalue weighted by molar-refractivity contribution is 0.167. The maximum Gasteiger partial charge on any atom is 0.253 e. The van der Waals surface area contributed by atoms with Gasteiger partial charge in [0, 0.05) is 55.9 Å². The summed E-state index contributed by atoms with van der Waals surface area (Å²) in [4.78, 5) is 35.2. The molecule has 0 spiro atoms. The first-order valence-electron chi connectivity index (χ1n) is 10.0. The first-order valence-corrected chi connectivity index (χ1v) is 10.0. The van der Waals surface area contributed by atoms with Crippen LogP contribution in [0.3, 0.4) is 0 Å². The highest BCUT2D eigenvalue weighted by Crippen LogP contribution is 2.19. The molecule has 0 aliphatic carbocycles. The highest BCUT2D eigenvalue weighted by molar-refractivity contribution is 5.56. The molecular formula is C22H25N5O2. The van der Waals surface area contributed by atoms with Crippen LogP contribution in [0.4, 0.5) is 0 Å². The SMILES string of the molecule is O=c1ccccn1CCN1CCC(Cn2cnc(-c3cccnc3)cc2=O)CC1. The predicted octanol–water partition coefficient (Wildman–Crippen LogP) is 1.88. The Kier molecular flexibility index (Phi) is 5.95. The minimum atomic E-state index is -0.0234. The summed E-state index contributed by atoms with van der Waals surface area (Å²) in [7, 11) is 0. The molecule has 0 aromatic carbocycles. The minimum Gasteiger partial charge on any atom is -0.314 e. The van der Waals surface area contributed by atoms with Crippen molar-refractivity contribution in [3.05, 3.63) is 82.0 Å². The van der Waals surface area contributed by atoms with Gasteiger partial charge in [0.2, 0.25) is 0 Å². The molecule has 1 fully saturated rings. The molecule has 3 aromatic heterocycles. The lowest BCUT2D eigenvalue weighted by Crippen LogP contribution is -2.38. The lowest BCUT2D eigenvalue weighted by Gasteiger charge is -2.32. The van der Waals surface area contributed by atoms with Crippen molar-refractivity contribution in [2.24, 2.45) is 5.92 Å². The number of nitrogens with zero attached hydrogens (tertiary/aromatic N) is 5. The molecule has 29 heavy (non-hydrogen) atoms. The van der Waals surface area contributed by atoms with Gasteiger partial charge >= 0.3 is 0 Å². The molecule has 7 nitrogen and oxygen atoms in total. The Morgan fingerprint density at radius 1 is 0.966 bits per heavy atom. The van der Waals surface area contributed by atoms with Crippen LogP contribution >= 0.6 is 0 Å². The van der Waals surface area contributed by atoms with Crippen molar-refractivity contribution in [3.63, 3.8) is 0 Å². The number of likely N-dealkylation sites (tertiary alicyclic amines) is 1. The Morgan fingerprint density at radius 2 is 1.83 bits per heavy atom. The molecule has 150 valence electrons. The average Bonchev–Trinajstić information content (AvgIpc) is 2.76. The van der Waals surface area contributed by atoms with E-state index in [-0.39, 0.29) is 11.1 Å². The van der Waals surface area contributed by atoms with Gasteiger partial charge in [-0.3, -0.25) is 19.1 Å². The number of rotatable bonds is 6. The molecule has 1 aliphatic rings. The fourth-order valence-corrected chi connectivity index (χ4v) is 3.80. The van der Waals surface area contributed by atoms with Gasteiger partial charge in [0.15, 0.2) is 0 Å². The lowest BCUT2D eigenvalue weighted by atomic mass is 9.96. The fourth-order valence-electron chi connectivity index (χ4n) is 3.80. The maximum atomic E-state index is 12.5. The van der Waals surface area contributed by atoms with Gasteiger partial charge in [0.1, 0.15) is 0 Å². The summed E-state index contributed by atoms with van der Waals surface area (Å²) in [5.41, 5.74) is 1.53. The van der Waals surface area contributed by atoms with E-state index in [4.69, 9.17) is 0 Å². The van der Waals surface area contributed by atoms with Crippen LogP contribution < -0.4 is 11.1 Å². The van der Waals surface area contributed by atoms with Gasteiger partial charge in [-0.1, -0.05) is 6.07 Å². The summed E-state index contributed by atoms with van der Waals surface area (Å²) in [5, 5.41) is 0. The van der Waals surface area contributed by atoms with Crippen LogP contribution in [0.1, 0.15) is 12.8 Å². The van der Waals surface area contributed by atoms with Crippen molar-refractivity contribution in [3.8, 4) is 11.3 Å². The predicted molar refractivity (Wildman–Crippen MR) is 112 cm³/mol. The topological polar surface area (TPSA) is 73.0 Å². The summed E-state index contributed by atoms with van der Waals surface area (Å²) < 4.78 is 3.46. The number of hydrogen-bond donors (Lipinski definition) is 0. The number of piperidine rings is 1. The van der Waals surface area contributed by atoms with E-state index in [1.165, 1.54) is 0 Å². The molecular weight excluding hydrogens is 366 g/mol. The second kappa shape index (κ2) is 8.96. The van der Waals surface area contributed by atoms with Crippen LogP contribution in [0.2, 0.25) is 0 Å². The standard InChI is InChI=1S/C22H25N5O2/c28-21-5-1-2-9-26(21)13-12-25-10-6-18(7-11-25)16-27-17-24-20(14-22(27)29)19-4-3-8-23-15-19/h1-5,8-9,14-15,17-18H,6-7,10-13,16H2. The third-order valence-corrected chi connectivity index (χ3v) is 5.55. The number of aromatic nitrogens is 4. The highest BCUT2D eigenvalue weighted by atomic mass is 16.1. The molecule has 4 heterocycles. The number of pyridine rings is 2. The second-order valence-corrected chi connectivity index (χ2v) is 7.52. The Balaban J connectivity index is 1.30. The van der Waals surface area contributed by atoms with Gasteiger partial charge < -0.3 is 9.47 Å². The average molecular weight is 391 g/mol. The van der Waals surface area contributed by atoms with Crippen molar-refractivity contribution >= 4 is 0 Å². The van der Waals surface area contributed by atoms with E-state index in [9.17, 15) is 9.59 Å². The molecule has 0 atom stereocenters. The van der Waals surface area contributed by atoms with Gasteiger partial charge in [-0.25, -0.2) is 4.98 Å². The molecule has 0 saturated carbocycles. The summed E-state index contributed by atoms with van der Waals surface area (Å²) in [5.74, 6) is 0.467. The van der Waals surface area contributed by atoms with Gasteiger partial charge in [0.05, 0.1) is 12.0 Å². The van der Waals surface area contributed by atoms with Crippen LogP contribution in [-0.4, -0.2) is 43.6 Å². The molecule has 0 N–H and O–H groups in total. The first kappa shape index (κ1) is 19.3. The minimum absolute atomic E-state index is 0.0234. The van der Waals surface area contributed by atoms with Gasteiger partial charge in [-0.05, 0) is 50.0 Å². The molecule has 1 aliphatic heterocycles. The monoisotopic (exact) mass is 391 g/mol. The van der Waals surface area contributed by atoms with E-state index in [1.807, 2.05) is 24.4 Å². The first-order chi connectivity index (χ1) is 14.2. The van der Waals surface area contributed by atoms with Crippen LogP contribution in [0.5, 0.6) is 0 Å². The summed E-state index contributed by atoms with van der Waals surface area (Å²) in [6.45, 7) is 4.26. The maximum absolute atomic E-state index is 12.5. The van der Waals surface area contributed by atoms with Gasteiger partial charge in [-0.2, -0.15) is 0 Å². The third kappa shape index (κ3) is 4.86. The van der Waals surface area contributed by atoms with Crippen LogP contribution in [0.15, 0.2) is 70.9 Å². The summed E-state index contributed by atoms with van der Waals surface area (Å²) in [6, 6.07) is 10.6. The molecule has 0 radical (unpaired) electrons. The van der Waals surface area contributed by atoms with Gasteiger partial charge in [-0.15, -0.1) is 0 Å². The zero-order valence-electron chi connectivity index (χ0n) is 16.4. The molecule has 1 saturated heterocycles. The molecule has 3 aromatic rings. The highest BCUT2D eigenvalue weighted by Gasteiger charge is 2.20. The summed E-state index contributed by atoms with van der Waals surface area (Å²) >= 11 is 0. The second-order valence-electron chi connectivity index (χ2n) is 7.52. The van der Waals surface area contributed by atoms with Crippen molar-refractivity contribution in [2.75, 3.05) is 19.6 Å². The van der Waals surface area contributed by atoms with E-state index in [2.05, 4.69) is 14.9 Å². The molecule has 4 rings (SSSR count). The summed E-state index contributed by atoms with van der Waals surface area (Å²) in [6.07, 6.45) is 8.99. The van der Waals surface area contributed by atoms with Crippen molar-refractivity contribution in [1.29, 1.82) is 0 Å². The molecule has 0 unspecified atom stereocenters. The van der Waals surface area contributed by atoms with Crippen molar-refractivity contribution in [1.82, 2.24) is 24.0 Å². The Labute approximate surface area is 169 Å². The van der Waals surface area contributed by atoms with Crippen molar-refractivity contribution < 1.29 is 0 Å². The van der Waals surface area contributed by atoms with Crippen molar-refractivity contribution in [2.45, 2.75) is 25.9 Å². The molecule has 0 bridgehead atoms. The quantitative estimate of drug-likeness (QED) is 0.642. The normalized spacial score (nSPS) is 15.4. The zero-order valence-corrected chi connectivity index (χ0v) is 16.4. The fraction of sp³-hybridized carbons (Fsp3) is 0.364. The van der Waals surface area contributed by atoms with Crippen LogP contribution in [-0.2, 0) is 13.1 Å². The molecule has 0 amide bonds. The smallest absolute Gasteiger partial charge is 0.253 e. The Bertz CT molecular complexity index is 1050. The largest absolute Gasteiger partial charge is 0.314 e. The van der Waals surface area contributed by atoms with E-state index >= 15 is 0 Å². The molecule has 7 heteroatoms. The van der Waals surface area contributed by atoms with E-state index in [0.29, 0.717) is 24.7 Å². The van der Waals surface area contributed by atoms with E-state index in [0.717, 1.165) is 38.0 Å². The number of hydrogen-bond acceptors (Lipinski definition) is 5. The van der Waals surface area contributed by atoms with Crippen LogP contribution in [0, 0.1) is 5.92 Å². The Hall–Kier alpha value is -3.06. The van der Waals surface area contributed by atoms with E-state index in [1.54, 1.807) is 46.1 Å². The Morgan fingerprint density at radius 3 is 2.55 bits per heavy atom. The van der Waals surface area contributed by atoms with Gasteiger partial charge in [0.25, 0.3) is 11.1 Å². The third-order valence-electron chi connectivity index (χ3n) is 5.55. The van der Waals surface area contributed by atoms with E-state index < -0.39 is 0 Å². The zero-order chi connectivity index (χ0) is 20.1. The van der Waals surface area contributed by atoms with Crippen LogP contribution in [0.25, 0.3) is 11.3 Å².